The minimum absolute atomic E-state index is 0.376. The molecule has 1 aromatic rings. The molecule has 0 unspecified atom stereocenters. The molecule has 2 N–H and O–H groups in total. The van der Waals surface area contributed by atoms with Gasteiger partial charge >= 0.3 is 0 Å². The summed E-state index contributed by atoms with van der Waals surface area (Å²) in [4.78, 5) is 10.3. The Bertz CT molecular complexity index is 254. The fourth-order valence-electron chi connectivity index (χ4n) is 1.61. The van der Waals surface area contributed by atoms with E-state index in [1.54, 1.807) is 6.33 Å². The minimum atomic E-state index is 0.376. The summed E-state index contributed by atoms with van der Waals surface area (Å²) >= 11 is 0. The first-order chi connectivity index (χ1) is 6.36. The average molecular weight is 178 g/mol. The van der Waals surface area contributed by atoms with Gasteiger partial charge in [0.1, 0.15) is 6.33 Å². The molecular weight excluding hydrogens is 164 g/mol. The largest absolute Gasteiger partial charge is 0.369 e. The lowest BCUT2D eigenvalue weighted by Gasteiger charge is -2.31. The summed E-state index contributed by atoms with van der Waals surface area (Å²) < 4.78 is 0. The molecule has 0 aliphatic carbocycles. The fraction of sp³-hybridized carbons (Fsp3) is 0.556. The molecule has 1 saturated heterocycles. The Morgan fingerprint density at radius 3 is 2.46 bits per heavy atom. The Kier molecular flexibility index (Phi) is 2.40. The number of piperidine rings is 1. The van der Waals surface area contributed by atoms with Crippen LogP contribution in [0.3, 0.4) is 0 Å². The van der Waals surface area contributed by atoms with Crippen LogP contribution in [-0.4, -0.2) is 29.1 Å². The summed E-state index contributed by atoms with van der Waals surface area (Å²) in [5.41, 5.74) is 6.92. The number of hydrogen-bond donors (Lipinski definition) is 1. The standard InChI is InChI=1S/C9H14N4/c10-8-1-3-13(4-2-8)9-5-11-7-12-6-9/h5-8H,1-4,10H2. The van der Waals surface area contributed by atoms with E-state index in [0.29, 0.717) is 6.04 Å². The summed E-state index contributed by atoms with van der Waals surface area (Å²) in [6, 6.07) is 0.376. The maximum Gasteiger partial charge on any atom is 0.115 e. The van der Waals surface area contributed by atoms with Crippen LogP contribution in [0.25, 0.3) is 0 Å². The van der Waals surface area contributed by atoms with Crippen LogP contribution < -0.4 is 10.6 Å². The lowest BCUT2D eigenvalue weighted by atomic mass is 10.1. The second-order valence-electron chi connectivity index (χ2n) is 3.42. The molecule has 0 atom stereocenters. The third kappa shape index (κ3) is 1.95. The molecule has 13 heavy (non-hydrogen) atoms. The lowest BCUT2D eigenvalue weighted by molar-refractivity contribution is 0.500. The van der Waals surface area contributed by atoms with Gasteiger partial charge in [0.2, 0.25) is 0 Å². The second kappa shape index (κ2) is 3.70. The molecule has 0 bridgehead atoms. The van der Waals surface area contributed by atoms with Crippen LogP contribution in [0.15, 0.2) is 18.7 Å². The number of anilines is 1. The first-order valence-electron chi connectivity index (χ1n) is 4.62. The van der Waals surface area contributed by atoms with Gasteiger partial charge in [-0.25, -0.2) is 9.97 Å². The number of nitrogens with zero attached hydrogens (tertiary/aromatic N) is 3. The Hall–Kier alpha value is -1.16. The molecule has 1 aliphatic heterocycles. The van der Waals surface area contributed by atoms with Gasteiger partial charge in [-0.2, -0.15) is 0 Å². The minimum Gasteiger partial charge on any atom is -0.369 e. The van der Waals surface area contributed by atoms with Crippen molar-refractivity contribution in [2.24, 2.45) is 5.73 Å². The Morgan fingerprint density at radius 1 is 1.23 bits per heavy atom. The van der Waals surface area contributed by atoms with Crippen LogP contribution in [0.1, 0.15) is 12.8 Å². The van der Waals surface area contributed by atoms with E-state index in [-0.39, 0.29) is 0 Å². The van der Waals surface area contributed by atoms with E-state index in [2.05, 4.69) is 14.9 Å². The second-order valence-corrected chi connectivity index (χ2v) is 3.42. The molecule has 0 spiro atoms. The third-order valence-corrected chi connectivity index (χ3v) is 2.45. The molecule has 0 amide bonds. The molecule has 4 nitrogen and oxygen atoms in total. The van der Waals surface area contributed by atoms with Crippen LogP contribution in [0.2, 0.25) is 0 Å². The highest BCUT2D eigenvalue weighted by Crippen LogP contribution is 2.16. The van der Waals surface area contributed by atoms with Crippen LogP contribution in [0, 0.1) is 0 Å². The van der Waals surface area contributed by atoms with Crippen LogP contribution in [0.5, 0.6) is 0 Å². The van der Waals surface area contributed by atoms with Crippen molar-refractivity contribution in [3.63, 3.8) is 0 Å². The summed E-state index contributed by atoms with van der Waals surface area (Å²) in [7, 11) is 0. The highest BCUT2D eigenvalue weighted by atomic mass is 15.2. The van der Waals surface area contributed by atoms with Crippen LogP contribution in [0.4, 0.5) is 5.69 Å². The van der Waals surface area contributed by atoms with Gasteiger partial charge in [-0.15, -0.1) is 0 Å². The first-order valence-corrected chi connectivity index (χ1v) is 4.62. The predicted octanol–water partition coefficient (Wildman–Crippen LogP) is 0.404. The topological polar surface area (TPSA) is 55.0 Å². The van der Waals surface area contributed by atoms with E-state index in [1.165, 1.54) is 0 Å². The number of aromatic nitrogens is 2. The van der Waals surface area contributed by atoms with Crippen LogP contribution in [-0.2, 0) is 0 Å². The predicted molar refractivity (Wildman–Crippen MR) is 51.5 cm³/mol. The Balaban J connectivity index is 2.03. The Labute approximate surface area is 77.8 Å². The summed E-state index contributed by atoms with van der Waals surface area (Å²) in [6.45, 7) is 2.04. The average Bonchev–Trinajstić information content (AvgIpc) is 2.20. The van der Waals surface area contributed by atoms with Crippen molar-refractivity contribution >= 4 is 5.69 Å². The SMILES string of the molecule is NC1CCN(c2cncnc2)CC1. The van der Waals surface area contributed by atoms with Gasteiger partial charge in [0.05, 0.1) is 18.1 Å². The molecule has 1 aliphatic rings. The van der Waals surface area contributed by atoms with E-state index < -0.39 is 0 Å². The van der Waals surface area contributed by atoms with E-state index in [4.69, 9.17) is 5.73 Å². The van der Waals surface area contributed by atoms with Gasteiger partial charge in [-0.05, 0) is 12.8 Å². The number of hydrogen-bond acceptors (Lipinski definition) is 4. The van der Waals surface area contributed by atoms with Crippen molar-refractivity contribution in [2.45, 2.75) is 18.9 Å². The fourth-order valence-corrected chi connectivity index (χ4v) is 1.61. The third-order valence-electron chi connectivity index (χ3n) is 2.45. The molecule has 70 valence electrons. The quantitative estimate of drug-likeness (QED) is 0.676. The normalized spacial score (nSPS) is 19.0. The highest BCUT2D eigenvalue weighted by molar-refractivity contribution is 5.41. The van der Waals surface area contributed by atoms with Gasteiger partial charge in [0, 0.05) is 19.1 Å². The zero-order chi connectivity index (χ0) is 9.10. The number of rotatable bonds is 1. The van der Waals surface area contributed by atoms with Gasteiger partial charge in [0.15, 0.2) is 0 Å². The van der Waals surface area contributed by atoms with Crippen molar-refractivity contribution < 1.29 is 0 Å². The van der Waals surface area contributed by atoms with Crippen molar-refractivity contribution in [2.75, 3.05) is 18.0 Å². The summed E-state index contributed by atoms with van der Waals surface area (Å²) in [5.74, 6) is 0. The molecular formula is C9H14N4. The van der Waals surface area contributed by atoms with Gasteiger partial charge in [0.25, 0.3) is 0 Å². The van der Waals surface area contributed by atoms with E-state index >= 15 is 0 Å². The van der Waals surface area contributed by atoms with Crippen LogP contribution >= 0.6 is 0 Å². The summed E-state index contributed by atoms with van der Waals surface area (Å²) in [6.07, 6.45) is 7.39. The molecule has 2 rings (SSSR count). The smallest absolute Gasteiger partial charge is 0.115 e. The van der Waals surface area contributed by atoms with E-state index in [9.17, 15) is 0 Å². The molecule has 0 aromatic carbocycles. The first kappa shape index (κ1) is 8.44. The van der Waals surface area contributed by atoms with Gasteiger partial charge in [-0.1, -0.05) is 0 Å². The molecule has 0 saturated carbocycles. The zero-order valence-corrected chi connectivity index (χ0v) is 7.56. The monoisotopic (exact) mass is 178 g/mol. The lowest BCUT2D eigenvalue weighted by Crippen LogP contribution is -2.39. The zero-order valence-electron chi connectivity index (χ0n) is 7.56. The maximum absolute atomic E-state index is 5.82. The van der Waals surface area contributed by atoms with Crippen molar-refractivity contribution in [3.8, 4) is 0 Å². The molecule has 0 radical (unpaired) electrons. The molecule has 1 aromatic heterocycles. The van der Waals surface area contributed by atoms with Gasteiger partial charge < -0.3 is 10.6 Å². The molecule has 1 fully saturated rings. The van der Waals surface area contributed by atoms with E-state index in [0.717, 1.165) is 31.6 Å². The highest BCUT2D eigenvalue weighted by Gasteiger charge is 2.16. The van der Waals surface area contributed by atoms with Crippen molar-refractivity contribution in [1.29, 1.82) is 0 Å². The van der Waals surface area contributed by atoms with Crippen molar-refractivity contribution in [1.82, 2.24) is 9.97 Å². The van der Waals surface area contributed by atoms with Crippen molar-refractivity contribution in [3.05, 3.63) is 18.7 Å². The summed E-state index contributed by atoms with van der Waals surface area (Å²) in [5, 5.41) is 0. The maximum atomic E-state index is 5.82. The number of nitrogens with two attached hydrogens (primary N) is 1. The Morgan fingerprint density at radius 2 is 1.85 bits per heavy atom. The molecule has 4 heteroatoms. The van der Waals surface area contributed by atoms with E-state index in [1.807, 2.05) is 12.4 Å². The molecule has 2 heterocycles. The van der Waals surface area contributed by atoms with Gasteiger partial charge in [-0.3, -0.25) is 0 Å².